The second-order valence-electron chi connectivity index (χ2n) is 7.11. The van der Waals surface area contributed by atoms with Crippen molar-refractivity contribution in [2.24, 2.45) is 0 Å². The smallest absolute Gasteiger partial charge is 0.115 e. The highest BCUT2D eigenvalue weighted by atomic mass is 16.3. The molecule has 0 aliphatic rings. The maximum absolute atomic E-state index is 9.54. The molecule has 0 amide bonds. The molecule has 2 N–H and O–H groups in total. The Labute approximate surface area is 149 Å². The van der Waals surface area contributed by atoms with Gasteiger partial charge in [-0.25, -0.2) is 0 Å². The van der Waals surface area contributed by atoms with Gasteiger partial charge in [-0.15, -0.1) is 0 Å². The summed E-state index contributed by atoms with van der Waals surface area (Å²) in [7, 11) is 0. The number of phenolic OH excluding ortho intramolecular Hbond substituents is 2. The highest BCUT2D eigenvalue weighted by molar-refractivity contribution is 5.43. The first-order chi connectivity index (χ1) is 11.9. The van der Waals surface area contributed by atoms with Crippen molar-refractivity contribution in [2.45, 2.75) is 32.1 Å². The standard InChI is InChI=1S/C23H24O2/c1-16(17-7-11-21(24)12-8-17)18-5-4-6-20(15-18)23(2,3)19-9-13-22(25)14-10-19/h4-16,24-25H,1-3H3. The second kappa shape index (κ2) is 6.64. The zero-order chi connectivity index (χ0) is 18.0. The van der Waals surface area contributed by atoms with Gasteiger partial charge in [-0.2, -0.15) is 0 Å². The number of rotatable bonds is 4. The van der Waals surface area contributed by atoms with E-state index in [9.17, 15) is 10.2 Å². The van der Waals surface area contributed by atoms with Crippen molar-refractivity contribution in [1.82, 2.24) is 0 Å². The van der Waals surface area contributed by atoms with Crippen LogP contribution in [-0.2, 0) is 5.41 Å². The molecule has 0 fully saturated rings. The Hall–Kier alpha value is -2.74. The number of hydrogen-bond donors (Lipinski definition) is 2. The molecule has 2 nitrogen and oxygen atoms in total. The fourth-order valence-electron chi connectivity index (χ4n) is 3.20. The highest BCUT2D eigenvalue weighted by Gasteiger charge is 2.24. The summed E-state index contributed by atoms with van der Waals surface area (Å²) in [6, 6.07) is 23.5. The van der Waals surface area contributed by atoms with Crippen molar-refractivity contribution >= 4 is 0 Å². The summed E-state index contributed by atoms with van der Waals surface area (Å²) in [5.74, 6) is 0.823. The monoisotopic (exact) mass is 332 g/mol. The Morgan fingerprint density at radius 3 is 1.84 bits per heavy atom. The SMILES string of the molecule is CC(c1ccc(O)cc1)c1cccc(C(C)(C)c2ccc(O)cc2)c1. The lowest BCUT2D eigenvalue weighted by Crippen LogP contribution is -2.19. The third kappa shape index (κ3) is 3.53. The molecule has 0 aromatic heterocycles. The summed E-state index contributed by atoms with van der Waals surface area (Å²) in [6.07, 6.45) is 0. The molecule has 3 aromatic carbocycles. The fraction of sp³-hybridized carbons (Fsp3) is 0.217. The minimum absolute atomic E-state index is 0.154. The van der Waals surface area contributed by atoms with Crippen LogP contribution in [-0.4, -0.2) is 10.2 Å². The van der Waals surface area contributed by atoms with E-state index >= 15 is 0 Å². The Kier molecular flexibility index (Phi) is 4.54. The summed E-state index contributed by atoms with van der Waals surface area (Å²) < 4.78 is 0. The van der Waals surface area contributed by atoms with Crippen molar-refractivity contribution in [3.05, 3.63) is 95.1 Å². The molecular formula is C23H24O2. The Morgan fingerprint density at radius 2 is 1.24 bits per heavy atom. The molecule has 0 spiro atoms. The molecule has 0 saturated carbocycles. The Morgan fingerprint density at radius 1 is 0.680 bits per heavy atom. The molecule has 3 aromatic rings. The summed E-state index contributed by atoms with van der Waals surface area (Å²) in [6.45, 7) is 6.58. The van der Waals surface area contributed by atoms with E-state index in [1.54, 1.807) is 24.3 Å². The van der Waals surface area contributed by atoms with E-state index in [0.29, 0.717) is 0 Å². The van der Waals surface area contributed by atoms with Gasteiger partial charge >= 0.3 is 0 Å². The lowest BCUT2D eigenvalue weighted by Gasteiger charge is -2.27. The molecule has 128 valence electrons. The second-order valence-corrected chi connectivity index (χ2v) is 7.11. The number of hydrogen-bond acceptors (Lipinski definition) is 2. The van der Waals surface area contributed by atoms with Gasteiger partial charge in [0.25, 0.3) is 0 Å². The van der Waals surface area contributed by atoms with Crippen LogP contribution in [0.4, 0.5) is 0 Å². The quantitative estimate of drug-likeness (QED) is 0.655. The van der Waals surface area contributed by atoms with Crippen LogP contribution in [0.25, 0.3) is 0 Å². The van der Waals surface area contributed by atoms with Crippen LogP contribution in [0.2, 0.25) is 0 Å². The molecule has 0 heterocycles. The summed E-state index contributed by atoms with van der Waals surface area (Å²) in [5.41, 5.74) is 4.67. The van der Waals surface area contributed by atoms with Crippen LogP contribution in [0, 0.1) is 0 Å². The van der Waals surface area contributed by atoms with Crippen molar-refractivity contribution in [3.63, 3.8) is 0 Å². The van der Waals surface area contributed by atoms with E-state index in [4.69, 9.17) is 0 Å². The van der Waals surface area contributed by atoms with E-state index in [2.05, 4.69) is 45.0 Å². The van der Waals surface area contributed by atoms with Gasteiger partial charge in [-0.3, -0.25) is 0 Å². The maximum Gasteiger partial charge on any atom is 0.115 e. The zero-order valence-corrected chi connectivity index (χ0v) is 14.9. The molecule has 0 bridgehead atoms. The average Bonchev–Trinajstić information content (AvgIpc) is 2.62. The summed E-state index contributed by atoms with van der Waals surface area (Å²) in [4.78, 5) is 0. The van der Waals surface area contributed by atoms with Gasteiger partial charge in [0.15, 0.2) is 0 Å². The minimum Gasteiger partial charge on any atom is -0.508 e. The van der Waals surface area contributed by atoms with Gasteiger partial charge in [0.2, 0.25) is 0 Å². The zero-order valence-electron chi connectivity index (χ0n) is 14.9. The van der Waals surface area contributed by atoms with Crippen LogP contribution < -0.4 is 0 Å². The molecule has 1 unspecified atom stereocenters. The van der Waals surface area contributed by atoms with Gasteiger partial charge < -0.3 is 10.2 Å². The maximum atomic E-state index is 9.54. The van der Waals surface area contributed by atoms with Gasteiger partial charge in [0.1, 0.15) is 11.5 Å². The van der Waals surface area contributed by atoms with Crippen molar-refractivity contribution in [3.8, 4) is 11.5 Å². The first-order valence-corrected chi connectivity index (χ1v) is 8.57. The predicted molar refractivity (Wildman–Crippen MR) is 102 cm³/mol. The van der Waals surface area contributed by atoms with Crippen LogP contribution in [0.1, 0.15) is 48.9 Å². The molecule has 0 saturated heterocycles. The lowest BCUT2D eigenvalue weighted by molar-refractivity contribution is 0.474. The topological polar surface area (TPSA) is 40.5 Å². The lowest BCUT2D eigenvalue weighted by atomic mass is 9.77. The van der Waals surface area contributed by atoms with Gasteiger partial charge in [-0.1, -0.05) is 69.3 Å². The Balaban J connectivity index is 1.95. The van der Waals surface area contributed by atoms with Crippen molar-refractivity contribution in [1.29, 1.82) is 0 Å². The van der Waals surface area contributed by atoms with E-state index in [1.807, 2.05) is 24.3 Å². The summed E-state index contributed by atoms with van der Waals surface area (Å²) in [5, 5.41) is 19.0. The molecule has 2 heteroatoms. The van der Waals surface area contributed by atoms with Gasteiger partial charge in [-0.05, 0) is 46.5 Å². The Bertz CT molecular complexity index is 846. The highest BCUT2D eigenvalue weighted by Crippen LogP contribution is 2.35. The van der Waals surface area contributed by atoms with Gasteiger partial charge in [0.05, 0.1) is 0 Å². The van der Waals surface area contributed by atoms with Crippen LogP contribution in [0.3, 0.4) is 0 Å². The van der Waals surface area contributed by atoms with Crippen molar-refractivity contribution < 1.29 is 10.2 Å². The van der Waals surface area contributed by atoms with Crippen LogP contribution in [0.15, 0.2) is 72.8 Å². The molecule has 25 heavy (non-hydrogen) atoms. The number of benzene rings is 3. The predicted octanol–water partition coefficient (Wildman–Crippen LogP) is 5.58. The van der Waals surface area contributed by atoms with E-state index < -0.39 is 0 Å². The number of aromatic hydroxyl groups is 2. The minimum atomic E-state index is -0.154. The molecule has 0 aliphatic carbocycles. The van der Waals surface area contributed by atoms with E-state index in [1.165, 1.54) is 22.3 Å². The summed E-state index contributed by atoms with van der Waals surface area (Å²) >= 11 is 0. The first-order valence-electron chi connectivity index (χ1n) is 8.57. The largest absolute Gasteiger partial charge is 0.508 e. The molecular weight excluding hydrogens is 308 g/mol. The number of phenols is 2. The van der Waals surface area contributed by atoms with E-state index in [-0.39, 0.29) is 22.8 Å². The molecule has 0 aliphatic heterocycles. The van der Waals surface area contributed by atoms with E-state index in [0.717, 1.165) is 0 Å². The van der Waals surface area contributed by atoms with Crippen LogP contribution >= 0.6 is 0 Å². The average molecular weight is 332 g/mol. The molecule has 3 rings (SSSR count). The normalized spacial score (nSPS) is 12.8. The fourth-order valence-corrected chi connectivity index (χ4v) is 3.20. The molecule has 0 radical (unpaired) electrons. The first kappa shape index (κ1) is 17.1. The molecule has 1 atom stereocenters. The van der Waals surface area contributed by atoms with Gasteiger partial charge in [0, 0.05) is 11.3 Å². The third-order valence-electron chi connectivity index (χ3n) is 5.09. The third-order valence-corrected chi connectivity index (χ3v) is 5.09. The van der Waals surface area contributed by atoms with Crippen molar-refractivity contribution in [2.75, 3.05) is 0 Å². The van der Waals surface area contributed by atoms with Crippen LogP contribution in [0.5, 0.6) is 11.5 Å².